The van der Waals surface area contributed by atoms with Gasteiger partial charge in [0.05, 0.1) is 12.0 Å². The van der Waals surface area contributed by atoms with Crippen LogP contribution in [-0.2, 0) is 4.74 Å². The number of aromatic nitrogens is 3. The number of hydrogen-bond acceptors (Lipinski definition) is 9. The third-order valence-electron chi connectivity index (χ3n) is 4.14. The number of thioether (sulfide) groups is 1. The zero-order valence-corrected chi connectivity index (χ0v) is 13.9. The maximum Gasteiger partial charge on any atom is 0.254 e. The minimum absolute atomic E-state index is 0.190. The molecule has 1 aliphatic rings. The van der Waals surface area contributed by atoms with Gasteiger partial charge in [0.25, 0.3) is 5.56 Å². The molecule has 10 heteroatoms. The van der Waals surface area contributed by atoms with Crippen molar-refractivity contribution in [3.8, 4) is 0 Å². The molecular formula is C14H18N4O5S. The van der Waals surface area contributed by atoms with Gasteiger partial charge in [-0.1, -0.05) is 11.8 Å². The monoisotopic (exact) mass is 354 g/mol. The average Bonchev–Trinajstić information content (AvgIpc) is 2.77. The molecule has 0 saturated carbocycles. The average molecular weight is 354 g/mol. The molecule has 4 atom stereocenters. The van der Waals surface area contributed by atoms with Crippen molar-refractivity contribution in [2.24, 2.45) is 0 Å². The van der Waals surface area contributed by atoms with Crippen LogP contribution in [0, 0.1) is 0 Å². The summed E-state index contributed by atoms with van der Waals surface area (Å²) in [6, 6.07) is 2.76. The van der Waals surface area contributed by atoms with E-state index in [1.807, 2.05) is 0 Å². The lowest BCUT2D eigenvalue weighted by molar-refractivity contribution is -0.0963. The third kappa shape index (κ3) is 2.47. The summed E-state index contributed by atoms with van der Waals surface area (Å²) in [5, 5.41) is 30.9. The van der Waals surface area contributed by atoms with Gasteiger partial charge >= 0.3 is 0 Å². The fourth-order valence-electron chi connectivity index (χ4n) is 2.82. The van der Waals surface area contributed by atoms with Crippen LogP contribution in [0.2, 0.25) is 0 Å². The molecule has 9 nitrogen and oxygen atoms in total. The second kappa shape index (κ2) is 5.97. The summed E-state index contributed by atoms with van der Waals surface area (Å²) < 4.78 is 6.66. The van der Waals surface area contributed by atoms with Crippen LogP contribution in [0.5, 0.6) is 0 Å². The molecule has 0 spiro atoms. The summed E-state index contributed by atoms with van der Waals surface area (Å²) in [4.78, 5) is 20.9. The minimum atomic E-state index is -1.80. The lowest BCUT2D eigenvalue weighted by atomic mass is 9.96. The number of rotatable bonds is 3. The van der Waals surface area contributed by atoms with Gasteiger partial charge in [0, 0.05) is 6.07 Å². The maximum absolute atomic E-state index is 12.4. The molecule has 2 aromatic rings. The highest BCUT2D eigenvalue weighted by Gasteiger charge is 2.53. The van der Waals surface area contributed by atoms with E-state index in [9.17, 15) is 20.1 Å². The Hall–Kier alpha value is -1.72. The number of aliphatic hydroxyl groups is 3. The Labute approximate surface area is 141 Å². The molecule has 1 fully saturated rings. The smallest absolute Gasteiger partial charge is 0.254 e. The Bertz CT molecular complexity index is 840. The third-order valence-corrected chi connectivity index (χ3v) is 4.69. The largest absolute Gasteiger partial charge is 0.394 e. The lowest BCUT2D eigenvalue weighted by Crippen LogP contribution is -2.46. The summed E-state index contributed by atoms with van der Waals surface area (Å²) in [5.41, 5.74) is 3.83. The fourth-order valence-corrected chi connectivity index (χ4v) is 3.19. The molecule has 0 aromatic carbocycles. The molecular weight excluding hydrogens is 336 g/mol. The summed E-state index contributed by atoms with van der Waals surface area (Å²) in [7, 11) is 0. The van der Waals surface area contributed by atoms with E-state index in [1.54, 1.807) is 6.26 Å². The van der Waals surface area contributed by atoms with Gasteiger partial charge in [-0.15, -0.1) is 0 Å². The van der Waals surface area contributed by atoms with E-state index in [0.29, 0.717) is 10.5 Å². The summed E-state index contributed by atoms with van der Waals surface area (Å²) in [6.07, 6.45) is -1.86. The van der Waals surface area contributed by atoms with E-state index in [1.165, 1.54) is 30.8 Å². The van der Waals surface area contributed by atoms with E-state index >= 15 is 0 Å². The number of aliphatic hydroxyl groups excluding tert-OH is 2. The summed E-state index contributed by atoms with van der Waals surface area (Å²) >= 11 is 1.25. The van der Waals surface area contributed by atoms with Crippen LogP contribution in [0.1, 0.15) is 13.2 Å². The fraction of sp³-hybridized carbons (Fsp3) is 0.500. The Morgan fingerprint density at radius 2 is 2.17 bits per heavy atom. The molecule has 2 unspecified atom stereocenters. The number of nitrogen functional groups attached to an aromatic ring is 1. The molecule has 1 saturated heterocycles. The van der Waals surface area contributed by atoms with Gasteiger partial charge in [-0.25, -0.2) is 9.97 Å². The number of nitrogens with zero attached hydrogens (tertiary/aromatic N) is 3. The predicted octanol–water partition coefficient (Wildman–Crippen LogP) is -0.903. The topological polar surface area (TPSA) is 144 Å². The molecule has 0 amide bonds. The van der Waals surface area contributed by atoms with Gasteiger partial charge in [0.1, 0.15) is 23.6 Å². The van der Waals surface area contributed by atoms with Crippen LogP contribution >= 0.6 is 11.8 Å². The molecule has 0 aliphatic carbocycles. The highest BCUT2D eigenvalue weighted by atomic mass is 32.2. The van der Waals surface area contributed by atoms with E-state index < -0.39 is 36.2 Å². The molecule has 2 aromatic heterocycles. The maximum atomic E-state index is 12.4. The first-order valence-electron chi connectivity index (χ1n) is 7.20. The molecule has 130 valence electrons. The second-order valence-electron chi connectivity index (χ2n) is 5.75. The van der Waals surface area contributed by atoms with Gasteiger partial charge in [0.2, 0.25) is 0 Å². The number of nitrogens with two attached hydrogens (primary N) is 1. The van der Waals surface area contributed by atoms with Crippen LogP contribution in [0.3, 0.4) is 0 Å². The van der Waals surface area contributed by atoms with Gasteiger partial charge in [-0.3, -0.25) is 9.36 Å². The number of hydrogen-bond donors (Lipinski definition) is 4. The van der Waals surface area contributed by atoms with Gasteiger partial charge < -0.3 is 25.8 Å². The van der Waals surface area contributed by atoms with Crippen molar-refractivity contribution in [3.05, 3.63) is 22.5 Å². The van der Waals surface area contributed by atoms with Crippen molar-refractivity contribution in [2.75, 3.05) is 18.6 Å². The Morgan fingerprint density at radius 3 is 2.75 bits per heavy atom. The molecule has 24 heavy (non-hydrogen) atoms. The predicted molar refractivity (Wildman–Crippen MR) is 87.6 cm³/mol. The first-order chi connectivity index (χ1) is 11.3. The molecule has 5 N–H and O–H groups in total. The number of fused-ring (bicyclic) bond motifs is 1. The SMILES string of the molecule is CSc1nc(N)c2ccc(=O)n(C3OC(CO)[C@@H](O)[C@]3(C)O)c2n1. The van der Waals surface area contributed by atoms with E-state index in [0.717, 1.165) is 4.57 Å². The van der Waals surface area contributed by atoms with Crippen molar-refractivity contribution in [1.29, 1.82) is 0 Å². The molecule has 0 radical (unpaired) electrons. The summed E-state index contributed by atoms with van der Waals surface area (Å²) in [5.74, 6) is 0.190. The highest BCUT2D eigenvalue weighted by molar-refractivity contribution is 7.98. The van der Waals surface area contributed by atoms with E-state index in [2.05, 4.69) is 9.97 Å². The van der Waals surface area contributed by atoms with Crippen LogP contribution in [0.4, 0.5) is 5.82 Å². The molecule has 0 bridgehead atoms. The molecule has 1 aliphatic heterocycles. The van der Waals surface area contributed by atoms with Gasteiger partial charge in [0.15, 0.2) is 17.0 Å². The Morgan fingerprint density at radius 1 is 1.46 bits per heavy atom. The highest BCUT2D eigenvalue weighted by Crippen LogP contribution is 2.38. The van der Waals surface area contributed by atoms with Crippen LogP contribution in [0.25, 0.3) is 11.0 Å². The Kier molecular flexibility index (Phi) is 4.26. The Balaban J connectivity index is 2.28. The van der Waals surface area contributed by atoms with Crippen LogP contribution in [0.15, 0.2) is 22.1 Å². The first kappa shape index (κ1) is 17.1. The van der Waals surface area contributed by atoms with Crippen molar-refractivity contribution in [2.45, 2.75) is 36.1 Å². The quantitative estimate of drug-likeness (QED) is 0.407. The zero-order valence-electron chi connectivity index (χ0n) is 13.1. The normalized spacial score (nSPS) is 30.1. The van der Waals surface area contributed by atoms with E-state index in [-0.39, 0.29) is 11.5 Å². The molecule has 3 heterocycles. The van der Waals surface area contributed by atoms with Crippen molar-refractivity contribution in [1.82, 2.24) is 14.5 Å². The van der Waals surface area contributed by atoms with E-state index in [4.69, 9.17) is 10.5 Å². The van der Waals surface area contributed by atoms with Gasteiger partial charge in [-0.2, -0.15) is 0 Å². The van der Waals surface area contributed by atoms with Crippen LogP contribution in [-0.4, -0.2) is 60.5 Å². The van der Waals surface area contributed by atoms with Crippen molar-refractivity contribution >= 4 is 28.6 Å². The number of ether oxygens (including phenoxy) is 1. The van der Waals surface area contributed by atoms with Crippen LogP contribution < -0.4 is 11.3 Å². The number of pyridine rings is 1. The molecule has 3 rings (SSSR count). The summed E-state index contributed by atoms with van der Waals surface area (Å²) in [6.45, 7) is 0.837. The van der Waals surface area contributed by atoms with Crippen molar-refractivity contribution < 1.29 is 20.1 Å². The van der Waals surface area contributed by atoms with Gasteiger partial charge in [-0.05, 0) is 19.2 Å². The van der Waals surface area contributed by atoms with Crippen molar-refractivity contribution in [3.63, 3.8) is 0 Å². The standard InChI is InChI=1S/C14H18N4O5S/c1-14(22)9(21)7(5-19)23-12(14)18-8(20)4-3-6-10(15)16-13(24-2)17-11(6)18/h3-4,7,9,12,19,21-22H,5H2,1-2H3,(H2,15,16,17)/t7?,9-,12?,14+/m1/s1. The minimum Gasteiger partial charge on any atom is -0.394 e. The second-order valence-corrected chi connectivity index (χ2v) is 6.53. The zero-order chi connectivity index (χ0) is 17.6. The first-order valence-corrected chi connectivity index (χ1v) is 8.43. The lowest BCUT2D eigenvalue weighted by Gasteiger charge is -2.28. The number of anilines is 1.